The molecule has 0 spiro atoms. The van der Waals surface area contributed by atoms with Crippen molar-refractivity contribution < 1.29 is 19.1 Å². The van der Waals surface area contributed by atoms with Gasteiger partial charge in [0.05, 0.1) is 11.6 Å². The summed E-state index contributed by atoms with van der Waals surface area (Å²) in [6.07, 6.45) is 8.95. The van der Waals surface area contributed by atoms with Crippen molar-refractivity contribution in [3.05, 3.63) is 28.2 Å². The Hall–Kier alpha value is -1.26. The second-order valence-corrected chi connectivity index (χ2v) is 7.01. The summed E-state index contributed by atoms with van der Waals surface area (Å²) in [6.45, 7) is 2.65. The number of hydrogen-bond donors (Lipinski definition) is 0. The first-order valence-corrected chi connectivity index (χ1v) is 10.1. The van der Waals surface area contributed by atoms with E-state index < -0.39 is 5.97 Å². The van der Waals surface area contributed by atoms with E-state index in [1.54, 1.807) is 18.2 Å². The minimum Gasteiger partial charge on any atom is -0.466 e. The summed E-state index contributed by atoms with van der Waals surface area (Å²) >= 11 is 11.8. The zero-order chi connectivity index (χ0) is 19.2. The molecule has 0 saturated heterocycles. The normalized spacial score (nSPS) is 10.6. The summed E-state index contributed by atoms with van der Waals surface area (Å²) in [5, 5.41) is 0.530. The molecule has 0 aliphatic carbocycles. The van der Waals surface area contributed by atoms with Gasteiger partial charge in [-0.05, 0) is 25.0 Å². The smallest absolute Gasteiger partial charge is 0.311 e. The maximum atomic E-state index is 11.8. The summed E-state index contributed by atoms with van der Waals surface area (Å²) in [5.41, 5.74) is 0. The zero-order valence-electron chi connectivity index (χ0n) is 15.4. The summed E-state index contributed by atoms with van der Waals surface area (Å²) in [7, 11) is 0. The number of carbonyl (C=O) groups is 2. The van der Waals surface area contributed by atoms with Crippen LogP contribution in [0.2, 0.25) is 10.0 Å². The van der Waals surface area contributed by atoms with Crippen molar-refractivity contribution in [3.63, 3.8) is 0 Å². The molecule has 1 aromatic rings. The van der Waals surface area contributed by atoms with E-state index in [2.05, 4.69) is 6.92 Å². The van der Waals surface area contributed by atoms with Crippen LogP contribution >= 0.6 is 23.2 Å². The van der Waals surface area contributed by atoms with Gasteiger partial charge in [0, 0.05) is 12.8 Å². The van der Waals surface area contributed by atoms with Gasteiger partial charge in [0.15, 0.2) is 5.75 Å². The van der Waals surface area contributed by atoms with Crippen molar-refractivity contribution in [2.45, 2.75) is 71.1 Å². The van der Waals surface area contributed by atoms with Gasteiger partial charge in [-0.1, -0.05) is 74.7 Å². The maximum absolute atomic E-state index is 11.8. The Morgan fingerprint density at radius 3 is 2.27 bits per heavy atom. The van der Waals surface area contributed by atoms with Crippen LogP contribution in [0.4, 0.5) is 0 Å². The molecule has 0 amide bonds. The molecule has 0 fully saturated rings. The highest BCUT2D eigenvalue weighted by molar-refractivity contribution is 6.43. The van der Waals surface area contributed by atoms with Crippen molar-refractivity contribution in [3.8, 4) is 5.75 Å². The first-order chi connectivity index (χ1) is 12.5. The largest absolute Gasteiger partial charge is 0.466 e. The summed E-state index contributed by atoms with van der Waals surface area (Å²) in [4.78, 5) is 23.4. The summed E-state index contributed by atoms with van der Waals surface area (Å²) in [5.74, 6) is -0.496. The van der Waals surface area contributed by atoms with Crippen LogP contribution < -0.4 is 4.74 Å². The highest BCUT2D eigenvalue weighted by atomic mass is 35.5. The van der Waals surface area contributed by atoms with Gasteiger partial charge >= 0.3 is 11.9 Å². The molecule has 0 aliphatic heterocycles. The summed E-state index contributed by atoms with van der Waals surface area (Å²) in [6, 6.07) is 4.84. The van der Waals surface area contributed by atoms with E-state index >= 15 is 0 Å². The van der Waals surface area contributed by atoms with Gasteiger partial charge in [0.2, 0.25) is 0 Å². The van der Waals surface area contributed by atoms with E-state index in [4.69, 9.17) is 32.7 Å². The highest BCUT2D eigenvalue weighted by Crippen LogP contribution is 2.31. The fraction of sp³-hybridized carbons (Fsp3) is 0.600. The standard InChI is InChI=1S/C20H28Cl2O4/c1-2-3-4-5-6-7-8-15-25-18(23)13-10-14-19(24)26-17-12-9-11-16(21)20(17)22/h9,11-12H,2-8,10,13-15H2,1H3. The minimum atomic E-state index is -0.450. The average Bonchev–Trinajstić information content (AvgIpc) is 2.61. The lowest BCUT2D eigenvalue weighted by atomic mass is 10.1. The molecular weight excluding hydrogens is 375 g/mol. The van der Waals surface area contributed by atoms with Crippen LogP contribution in [-0.2, 0) is 14.3 Å². The number of rotatable bonds is 13. The lowest BCUT2D eigenvalue weighted by Gasteiger charge is -2.07. The third-order valence-corrected chi connectivity index (χ3v) is 4.71. The van der Waals surface area contributed by atoms with E-state index in [0.29, 0.717) is 18.1 Å². The fourth-order valence-electron chi connectivity index (χ4n) is 2.43. The molecule has 0 radical (unpaired) electrons. The van der Waals surface area contributed by atoms with Crippen LogP contribution in [-0.4, -0.2) is 18.5 Å². The minimum absolute atomic E-state index is 0.120. The number of benzene rings is 1. The Morgan fingerprint density at radius 1 is 0.885 bits per heavy atom. The average molecular weight is 403 g/mol. The number of esters is 2. The molecule has 0 unspecified atom stereocenters. The quantitative estimate of drug-likeness (QED) is 0.218. The van der Waals surface area contributed by atoms with E-state index in [1.165, 1.54) is 32.1 Å². The molecule has 1 aromatic carbocycles. The van der Waals surface area contributed by atoms with Crippen molar-refractivity contribution >= 4 is 35.1 Å². The fourth-order valence-corrected chi connectivity index (χ4v) is 2.76. The van der Waals surface area contributed by atoms with Crippen molar-refractivity contribution in [1.29, 1.82) is 0 Å². The third-order valence-electron chi connectivity index (χ3n) is 3.91. The van der Waals surface area contributed by atoms with E-state index in [0.717, 1.165) is 12.8 Å². The van der Waals surface area contributed by atoms with Crippen LogP contribution in [0, 0.1) is 0 Å². The third kappa shape index (κ3) is 10.0. The van der Waals surface area contributed by atoms with Gasteiger partial charge in [-0.15, -0.1) is 0 Å². The first kappa shape index (κ1) is 22.8. The summed E-state index contributed by atoms with van der Waals surface area (Å²) < 4.78 is 10.3. The Morgan fingerprint density at radius 2 is 1.54 bits per heavy atom. The van der Waals surface area contributed by atoms with E-state index in [1.807, 2.05) is 0 Å². The van der Waals surface area contributed by atoms with E-state index in [-0.39, 0.29) is 29.6 Å². The SMILES string of the molecule is CCCCCCCCCOC(=O)CCCC(=O)Oc1cccc(Cl)c1Cl. The molecule has 0 aromatic heterocycles. The van der Waals surface area contributed by atoms with Crippen molar-refractivity contribution in [2.24, 2.45) is 0 Å². The second kappa shape index (κ2) is 13.9. The Bertz CT molecular complexity index is 561. The van der Waals surface area contributed by atoms with Gasteiger partial charge in [0.25, 0.3) is 0 Å². The number of hydrogen-bond acceptors (Lipinski definition) is 4. The van der Waals surface area contributed by atoms with Crippen molar-refractivity contribution in [1.82, 2.24) is 0 Å². The van der Waals surface area contributed by atoms with Crippen LogP contribution in [0.15, 0.2) is 18.2 Å². The van der Waals surface area contributed by atoms with Crippen molar-refractivity contribution in [2.75, 3.05) is 6.61 Å². The second-order valence-electron chi connectivity index (χ2n) is 6.22. The van der Waals surface area contributed by atoms with Crippen LogP contribution in [0.1, 0.15) is 71.1 Å². The number of unbranched alkanes of at least 4 members (excludes halogenated alkanes) is 6. The van der Waals surface area contributed by atoms with Gasteiger partial charge in [-0.3, -0.25) is 9.59 Å². The topological polar surface area (TPSA) is 52.6 Å². The Labute approximate surface area is 166 Å². The van der Waals surface area contributed by atoms with Crippen LogP contribution in [0.25, 0.3) is 0 Å². The molecule has 26 heavy (non-hydrogen) atoms. The van der Waals surface area contributed by atoms with E-state index in [9.17, 15) is 9.59 Å². The molecule has 0 N–H and O–H groups in total. The molecular formula is C20H28Cl2O4. The number of carbonyl (C=O) groups excluding carboxylic acids is 2. The Kier molecular flexibility index (Phi) is 12.2. The predicted molar refractivity (Wildman–Crippen MR) is 105 cm³/mol. The predicted octanol–water partition coefficient (Wildman–Crippen LogP) is 6.36. The highest BCUT2D eigenvalue weighted by Gasteiger charge is 2.12. The Balaban J connectivity index is 2.07. The molecule has 0 bridgehead atoms. The lowest BCUT2D eigenvalue weighted by molar-refractivity contribution is -0.144. The molecule has 0 heterocycles. The van der Waals surface area contributed by atoms with Crippen LogP contribution in [0.3, 0.4) is 0 Å². The molecule has 0 atom stereocenters. The monoisotopic (exact) mass is 402 g/mol. The molecule has 6 heteroatoms. The van der Waals surface area contributed by atoms with Gasteiger partial charge in [-0.25, -0.2) is 0 Å². The molecule has 0 aliphatic rings. The van der Waals surface area contributed by atoms with Crippen LogP contribution in [0.5, 0.6) is 5.75 Å². The number of halogens is 2. The van der Waals surface area contributed by atoms with Gasteiger partial charge < -0.3 is 9.47 Å². The molecule has 4 nitrogen and oxygen atoms in total. The molecule has 146 valence electrons. The molecule has 1 rings (SSSR count). The number of ether oxygens (including phenoxy) is 2. The lowest BCUT2D eigenvalue weighted by Crippen LogP contribution is -2.10. The maximum Gasteiger partial charge on any atom is 0.311 e. The van der Waals surface area contributed by atoms with Gasteiger partial charge in [-0.2, -0.15) is 0 Å². The zero-order valence-corrected chi connectivity index (χ0v) is 16.9. The first-order valence-electron chi connectivity index (χ1n) is 9.35. The van der Waals surface area contributed by atoms with Gasteiger partial charge in [0.1, 0.15) is 5.02 Å². The molecule has 0 saturated carbocycles.